The predicted octanol–water partition coefficient (Wildman–Crippen LogP) is 6.23. The van der Waals surface area contributed by atoms with E-state index in [1.165, 1.54) is 29.7 Å². The summed E-state index contributed by atoms with van der Waals surface area (Å²) in [5, 5.41) is 15.7. The van der Waals surface area contributed by atoms with Crippen molar-refractivity contribution >= 4 is 45.8 Å². The van der Waals surface area contributed by atoms with Gasteiger partial charge in [0.1, 0.15) is 22.5 Å². The molecule has 0 fully saturated rings. The molecule has 25 heavy (non-hydrogen) atoms. The van der Waals surface area contributed by atoms with Crippen LogP contribution in [0.1, 0.15) is 5.01 Å². The van der Waals surface area contributed by atoms with Gasteiger partial charge in [0.15, 0.2) is 0 Å². The van der Waals surface area contributed by atoms with Crippen molar-refractivity contribution in [3.05, 3.63) is 74.9 Å². The van der Waals surface area contributed by atoms with Crippen molar-refractivity contribution in [3.8, 4) is 17.3 Å². The standard InChI is InChI=1S/C18H10Cl2FN3S/c19-12-4-5-15(16(20)6-12)17-10-25-18(24-17)11(8-22)9-23-14-3-1-2-13(21)7-14/h1-7,9-10,23H. The Morgan fingerprint density at radius 2 is 2.08 bits per heavy atom. The molecule has 0 unspecified atom stereocenters. The van der Waals surface area contributed by atoms with Gasteiger partial charge in [-0.2, -0.15) is 5.26 Å². The van der Waals surface area contributed by atoms with E-state index in [9.17, 15) is 9.65 Å². The molecule has 0 aliphatic rings. The fraction of sp³-hybridized carbons (Fsp3) is 0. The van der Waals surface area contributed by atoms with E-state index in [0.717, 1.165) is 5.56 Å². The molecule has 124 valence electrons. The molecule has 0 aliphatic carbocycles. The first-order valence-corrected chi connectivity index (χ1v) is 8.74. The van der Waals surface area contributed by atoms with Gasteiger partial charge in [-0.3, -0.25) is 0 Å². The number of nitrogens with one attached hydrogen (secondary N) is 1. The van der Waals surface area contributed by atoms with Crippen molar-refractivity contribution in [2.24, 2.45) is 0 Å². The predicted molar refractivity (Wildman–Crippen MR) is 101 cm³/mol. The number of benzene rings is 2. The van der Waals surface area contributed by atoms with Gasteiger partial charge >= 0.3 is 0 Å². The highest BCUT2D eigenvalue weighted by atomic mass is 35.5. The molecule has 7 heteroatoms. The summed E-state index contributed by atoms with van der Waals surface area (Å²) in [6.07, 6.45) is 1.50. The number of rotatable bonds is 4. The summed E-state index contributed by atoms with van der Waals surface area (Å²) in [5.74, 6) is -0.356. The molecule has 0 saturated heterocycles. The third-order valence-electron chi connectivity index (χ3n) is 3.27. The SMILES string of the molecule is N#CC(=CNc1cccc(F)c1)c1nc(-c2ccc(Cl)cc2Cl)cs1. The van der Waals surface area contributed by atoms with Crippen LogP contribution < -0.4 is 5.32 Å². The van der Waals surface area contributed by atoms with Gasteiger partial charge in [0, 0.05) is 27.9 Å². The summed E-state index contributed by atoms with van der Waals surface area (Å²) in [4.78, 5) is 4.46. The molecule has 0 bridgehead atoms. The number of nitriles is 1. The molecule has 1 aromatic heterocycles. The summed E-state index contributed by atoms with van der Waals surface area (Å²) >= 11 is 13.4. The lowest BCUT2D eigenvalue weighted by atomic mass is 10.2. The fourth-order valence-electron chi connectivity index (χ4n) is 2.09. The Kier molecular flexibility index (Phi) is 5.34. The first-order chi connectivity index (χ1) is 12.1. The average Bonchev–Trinajstić information content (AvgIpc) is 3.05. The lowest BCUT2D eigenvalue weighted by Gasteiger charge is -2.02. The van der Waals surface area contributed by atoms with E-state index in [4.69, 9.17) is 23.2 Å². The topological polar surface area (TPSA) is 48.7 Å². The van der Waals surface area contributed by atoms with Crippen LogP contribution in [0.25, 0.3) is 16.8 Å². The minimum atomic E-state index is -0.356. The number of thiazole rings is 1. The van der Waals surface area contributed by atoms with Crippen LogP contribution in [0.2, 0.25) is 10.0 Å². The van der Waals surface area contributed by atoms with Gasteiger partial charge in [-0.25, -0.2) is 9.37 Å². The molecule has 0 amide bonds. The highest BCUT2D eigenvalue weighted by Gasteiger charge is 2.11. The van der Waals surface area contributed by atoms with Crippen LogP contribution in [-0.2, 0) is 0 Å². The van der Waals surface area contributed by atoms with E-state index in [1.54, 1.807) is 30.3 Å². The van der Waals surface area contributed by atoms with Crippen molar-refractivity contribution in [2.45, 2.75) is 0 Å². The van der Waals surface area contributed by atoms with Gasteiger partial charge in [0.05, 0.1) is 10.7 Å². The Hall–Kier alpha value is -2.39. The monoisotopic (exact) mass is 389 g/mol. The molecule has 0 radical (unpaired) electrons. The van der Waals surface area contributed by atoms with Gasteiger partial charge < -0.3 is 5.32 Å². The van der Waals surface area contributed by atoms with Crippen LogP contribution in [0.4, 0.5) is 10.1 Å². The summed E-state index contributed by atoms with van der Waals surface area (Å²) in [5.41, 5.74) is 2.29. The maximum Gasteiger partial charge on any atom is 0.136 e. The van der Waals surface area contributed by atoms with E-state index < -0.39 is 0 Å². The second-order valence-electron chi connectivity index (χ2n) is 4.99. The van der Waals surface area contributed by atoms with E-state index in [2.05, 4.69) is 16.4 Å². The first kappa shape index (κ1) is 17.4. The van der Waals surface area contributed by atoms with Gasteiger partial charge in [-0.05, 0) is 36.4 Å². The maximum absolute atomic E-state index is 13.2. The van der Waals surface area contributed by atoms with Crippen molar-refractivity contribution in [2.75, 3.05) is 5.32 Å². The number of aromatic nitrogens is 1. The molecule has 0 saturated carbocycles. The fourth-order valence-corrected chi connectivity index (χ4v) is 3.38. The molecule has 3 aromatic rings. The number of nitrogens with zero attached hydrogens (tertiary/aromatic N) is 2. The molecule has 2 aromatic carbocycles. The Morgan fingerprint density at radius 3 is 2.80 bits per heavy atom. The average molecular weight is 390 g/mol. The lowest BCUT2D eigenvalue weighted by Crippen LogP contribution is -1.91. The van der Waals surface area contributed by atoms with Crippen LogP contribution in [0.15, 0.2) is 54.0 Å². The number of halogens is 3. The van der Waals surface area contributed by atoms with Gasteiger partial charge in [0.25, 0.3) is 0 Å². The Labute approximate surface area is 158 Å². The third-order valence-corrected chi connectivity index (χ3v) is 4.69. The highest BCUT2D eigenvalue weighted by molar-refractivity contribution is 7.11. The number of allylic oxidation sites excluding steroid dienone is 1. The van der Waals surface area contributed by atoms with Gasteiger partial charge in [-0.15, -0.1) is 11.3 Å². The molecule has 1 heterocycles. The van der Waals surface area contributed by atoms with Crippen LogP contribution in [0, 0.1) is 17.1 Å². The van der Waals surface area contributed by atoms with Gasteiger partial charge in [0.2, 0.25) is 0 Å². The molecule has 1 N–H and O–H groups in total. The first-order valence-electron chi connectivity index (χ1n) is 7.10. The van der Waals surface area contributed by atoms with Crippen molar-refractivity contribution in [1.82, 2.24) is 4.98 Å². The van der Waals surface area contributed by atoms with Crippen LogP contribution in [0.3, 0.4) is 0 Å². The van der Waals surface area contributed by atoms with Gasteiger partial charge in [-0.1, -0.05) is 29.3 Å². The second-order valence-corrected chi connectivity index (χ2v) is 6.69. The Bertz CT molecular complexity index is 992. The van der Waals surface area contributed by atoms with Crippen molar-refractivity contribution in [3.63, 3.8) is 0 Å². The quantitative estimate of drug-likeness (QED) is 0.537. The molecule has 3 nitrogen and oxygen atoms in total. The third kappa shape index (κ3) is 4.18. The molecular formula is C18H10Cl2FN3S. The molecule has 3 rings (SSSR count). The Balaban J connectivity index is 1.86. The molecule has 0 aliphatic heterocycles. The van der Waals surface area contributed by atoms with Crippen LogP contribution >= 0.6 is 34.5 Å². The lowest BCUT2D eigenvalue weighted by molar-refractivity contribution is 0.628. The highest BCUT2D eigenvalue weighted by Crippen LogP contribution is 2.32. The minimum Gasteiger partial charge on any atom is -0.360 e. The number of hydrogen-bond donors (Lipinski definition) is 1. The number of hydrogen-bond acceptors (Lipinski definition) is 4. The number of anilines is 1. The zero-order valence-corrected chi connectivity index (χ0v) is 15.0. The summed E-state index contributed by atoms with van der Waals surface area (Å²) < 4.78 is 13.2. The normalized spacial score (nSPS) is 11.2. The molecular weight excluding hydrogens is 380 g/mol. The molecule has 0 spiro atoms. The molecule has 0 atom stereocenters. The van der Waals surface area contributed by atoms with E-state index in [1.807, 2.05) is 5.38 Å². The zero-order valence-electron chi connectivity index (χ0n) is 12.6. The minimum absolute atomic E-state index is 0.339. The largest absolute Gasteiger partial charge is 0.360 e. The second kappa shape index (κ2) is 7.66. The van der Waals surface area contributed by atoms with E-state index in [0.29, 0.717) is 32.0 Å². The van der Waals surface area contributed by atoms with Crippen molar-refractivity contribution < 1.29 is 4.39 Å². The summed E-state index contributed by atoms with van der Waals surface area (Å²) in [6, 6.07) is 13.2. The summed E-state index contributed by atoms with van der Waals surface area (Å²) in [7, 11) is 0. The van der Waals surface area contributed by atoms with Crippen LogP contribution in [0.5, 0.6) is 0 Å². The summed E-state index contributed by atoms with van der Waals surface area (Å²) in [6.45, 7) is 0. The van der Waals surface area contributed by atoms with Crippen LogP contribution in [-0.4, -0.2) is 4.98 Å². The smallest absolute Gasteiger partial charge is 0.136 e. The van der Waals surface area contributed by atoms with Crippen molar-refractivity contribution in [1.29, 1.82) is 5.26 Å². The zero-order chi connectivity index (χ0) is 17.8. The van der Waals surface area contributed by atoms with E-state index >= 15 is 0 Å². The maximum atomic E-state index is 13.2. The van der Waals surface area contributed by atoms with E-state index in [-0.39, 0.29) is 5.82 Å². The Morgan fingerprint density at radius 1 is 1.24 bits per heavy atom.